The molecule has 5 heteroatoms. The maximum absolute atomic E-state index is 8.81. The van der Waals surface area contributed by atoms with Crippen molar-refractivity contribution in [2.45, 2.75) is 6.42 Å². The quantitative estimate of drug-likeness (QED) is 0.679. The topological polar surface area (TPSA) is 52.4 Å². The van der Waals surface area contributed by atoms with Crippen LogP contribution in [0.2, 0.25) is 0 Å². The minimum absolute atomic E-state index is 0.591. The molecule has 4 rings (SSSR count). The smallest absolute Gasteiger partial charge is 0.137 e. The van der Waals surface area contributed by atoms with Crippen LogP contribution in [-0.4, -0.2) is 49.7 Å². The molecule has 5 nitrogen and oxygen atoms in total. The molecule has 0 bridgehead atoms. The number of rotatable bonds is 5. The lowest BCUT2D eigenvalue weighted by molar-refractivity contribution is 0.263. The van der Waals surface area contributed by atoms with E-state index in [1.807, 2.05) is 12.1 Å². The van der Waals surface area contributed by atoms with Crippen LogP contribution in [0.1, 0.15) is 6.42 Å². The molecule has 2 aromatic carbocycles. The normalized spacial score (nSPS) is 14.8. The molecule has 0 amide bonds. The number of benzene rings is 2. The highest BCUT2D eigenvalue weighted by Crippen LogP contribution is 2.31. The standard InChI is InChI=1S/C23H24N4O/c1-28-20-9-7-18(8-10-20)22-17-19-5-2-3-6-21(19)23(25-22)27-15-13-26(14-16-27)12-4-11-24/h2-3,5-10,17H,4,12-16H2,1H3. The first-order valence-electron chi connectivity index (χ1n) is 9.67. The average molecular weight is 372 g/mol. The lowest BCUT2D eigenvalue weighted by atomic mass is 10.1. The first-order valence-corrected chi connectivity index (χ1v) is 9.67. The number of ether oxygens (including phenoxy) is 1. The van der Waals surface area contributed by atoms with Gasteiger partial charge >= 0.3 is 0 Å². The van der Waals surface area contributed by atoms with Gasteiger partial charge in [0.15, 0.2) is 0 Å². The van der Waals surface area contributed by atoms with Crippen molar-refractivity contribution in [3.63, 3.8) is 0 Å². The molecule has 1 aliphatic heterocycles. The summed E-state index contributed by atoms with van der Waals surface area (Å²) >= 11 is 0. The Morgan fingerprint density at radius 3 is 2.50 bits per heavy atom. The van der Waals surface area contributed by atoms with Crippen molar-refractivity contribution >= 4 is 16.6 Å². The van der Waals surface area contributed by atoms with Gasteiger partial charge in [-0.25, -0.2) is 4.98 Å². The van der Waals surface area contributed by atoms with Crippen molar-refractivity contribution in [1.29, 1.82) is 5.26 Å². The minimum atomic E-state index is 0.591. The Balaban J connectivity index is 1.66. The largest absolute Gasteiger partial charge is 0.497 e. The summed E-state index contributed by atoms with van der Waals surface area (Å²) in [6.45, 7) is 4.63. The summed E-state index contributed by atoms with van der Waals surface area (Å²) in [7, 11) is 1.68. The highest BCUT2D eigenvalue weighted by molar-refractivity contribution is 5.95. The number of piperazine rings is 1. The van der Waals surface area contributed by atoms with E-state index in [0.717, 1.165) is 55.5 Å². The first-order chi connectivity index (χ1) is 13.8. The third-order valence-corrected chi connectivity index (χ3v) is 5.32. The Bertz CT molecular complexity index is 986. The molecule has 142 valence electrons. The summed E-state index contributed by atoms with van der Waals surface area (Å²) in [5, 5.41) is 11.2. The number of aromatic nitrogens is 1. The van der Waals surface area contributed by atoms with Crippen LogP contribution in [0.5, 0.6) is 5.75 Å². The summed E-state index contributed by atoms with van der Waals surface area (Å²) in [5.74, 6) is 1.89. The summed E-state index contributed by atoms with van der Waals surface area (Å²) in [5.41, 5.74) is 2.06. The number of hydrogen-bond acceptors (Lipinski definition) is 5. The van der Waals surface area contributed by atoms with Crippen molar-refractivity contribution in [2.75, 3.05) is 44.7 Å². The Labute approximate surface area is 165 Å². The molecule has 0 atom stereocenters. The Morgan fingerprint density at radius 2 is 1.79 bits per heavy atom. The molecule has 1 saturated heterocycles. The number of methoxy groups -OCH3 is 1. The first kappa shape index (κ1) is 18.3. The second-order valence-electron chi connectivity index (χ2n) is 7.02. The highest BCUT2D eigenvalue weighted by Gasteiger charge is 2.20. The van der Waals surface area contributed by atoms with Crippen LogP contribution in [0.3, 0.4) is 0 Å². The van der Waals surface area contributed by atoms with E-state index in [-0.39, 0.29) is 0 Å². The van der Waals surface area contributed by atoms with Gasteiger partial charge in [0.1, 0.15) is 11.6 Å². The van der Waals surface area contributed by atoms with Gasteiger partial charge < -0.3 is 9.64 Å². The molecule has 28 heavy (non-hydrogen) atoms. The second-order valence-corrected chi connectivity index (χ2v) is 7.02. The summed E-state index contributed by atoms with van der Waals surface area (Å²) in [6.07, 6.45) is 0.591. The summed E-state index contributed by atoms with van der Waals surface area (Å²) in [6, 6.07) is 20.9. The van der Waals surface area contributed by atoms with Crippen molar-refractivity contribution in [3.8, 4) is 23.1 Å². The summed E-state index contributed by atoms with van der Waals surface area (Å²) < 4.78 is 5.28. The van der Waals surface area contributed by atoms with Gasteiger partial charge in [-0.15, -0.1) is 0 Å². The zero-order chi connectivity index (χ0) is 19.3. The van der Waals surface area contributed by atoms with Gasteiger partial charge in [-0.1, -0.05) is 24.3 Å². The predicted octanol–water partition coefficient (Wildman–Crippen LogP) is 3.95. The van der Waals surface area contributed by atoms with E-state index < -0.39 is 0 Å². The lowest BCUT2D eigenvalue weighted by Crippen LogP contribution is -2.47. The second kappa shape index (κ2) is 8.28. The molecule has 0 N–H and O–H groups in total. The zero-order valence-corrected chi connectivity index (χ0v) is 16.1. The predicted molar refractivity (Wildman–Crippen MR) is 113 cm³/mol. The molecule has 1 aromatic heterocycles. The van der Waals surface area contributed by atoms with Gasteiger partial charge in [0.05, 0.1) is 18.9 Å². The number of nitrogens with zero attached hydrogens (tertiary/aromatic N) is 4. The third kappa shape index (κ3) is 3.78. The van der Waals surface area contributed by atoms with E-state index in [1.165, 1.54) is 10.8 Å². The molecule has 1 fully saturated rings. The Morgan fingerprint density at radius 1 is 1.04 bits per heavy atom. The van der Waals surface area contributed by atoms with Gasteiger partial charge in [0.25, 0.3) is 0 Å². The summed E-state index contributed by atoms with van der Waals surface area (Å²) in [4.78, 5) is 9.78. The fourth-order valence-electron chi connectivity index (χ4n) is 3.72. The van der Waals surface area contributed by atoms with Crippen molar-refractivity contribution in [1.82, 2.24) is 9.88 Å². The van der Waals surface area contributed by atoms with E-state index in [9.17, 15) is 0 Å². The SMILES string of the molecule is COc1ccc(-c2cc3ccccc3c(N3CCN(CCC#N)CC3)n2)cc1. The molecule has 2 heterocycles. The molecule has 0 unspecified atom stereocenters. The molecule has 3 aromatic rings. The maximum atomic E-state index is 8.81. The van der Waals surface area contributed by atoms with Gasteiger partial charge in [-0.05, 0) is 35.7 Å². The molecule has 0 radical (unpaired) electrons. The number of anilines is 1. The number of hydrogen-bond donors (Lipinski definition) is 0. The maximum Gasteiger partial charge on any atom is 0.137 e. The molecule has 0 saturated carbocycles. The fourth-order valence-corrected chi connectivity index (χ4v) is 3.72. The zero-order valence-electron chi connectivity index (χ0n) is 16.1. The molecule has 1 aliphatic rings. The van der Waals surface area contributed by atoms with Crippen LogP contribution in [0.4, 0.5) is 5.82 Å². The number of nitriles is 1. The van der Waals surface area contributed by atoms with Crippen LogP contribution < -0.4 is 9.64 Å². The monoisotopic (exact) mass is 372 g/mol. The van der Waals surface area contributed by atoms with E-state index in [4.69, 9.17) is 15.0 Å². The van der Waals surface area contributed by atoms with Crippen LogP contribution in [0.15, 0.2) is 54.6 Å². The Hall–Kier alpha value is -3.10. The molecular formula is C23H24N4O. The third-order valence-electron chi connectivity index (χ3n) is 5.32. The van der Waals surface area contributed by atoms with Gasteiger partial charge in [0.2, 0.25) is 0 Å². The fraction of sp³-hybridized carbons (Fsp3) is 0.304. The number of pyridine rings is 1. The van der Waals surface area contributed by atoms with Crippen LogP contribution >= 0.6 is 0 Å². The van der Waals surface area contributed by atoms with E-state index >= 15 is 0 Å². The molecule has 0 aliphatic carbocycles. The Kier molecular flexibility index (Phi) is 5.41. The highest BCUT2D eigenvalue weighted by atomic mass is 16.5. The average Bonchev–Trinajstić information content (AvgIpc) is 2.77. The van der Waals surface area contributed by atoms with Gasteiger partial charge in [0, 0.05) is 50.1 Å². The minimum Gasteiger partial charge on any atom is -0.497 e. The van der Waals surface area contributed by atoms with Crippen LogP contribution in [-0.2, 0) is 0 Å². The molecular weight excluding hydrogens is 348 g/mol. The van der Waals surface area contributed by atoms with Crippen LogP contribution in [0, 0.1) is 11.3 Å². The van der Waals surface area contributed by atoms with Gasteiger partial charge in [-0.2, -0.15) is 5.26 Å². The van der Waals surface area contributed by atoms with E-state index in [2.05, 4.69) is 58.3 Å². The van der Waals surface area contributed by atoms with Crippen molar-refractivity contribution in [2.24, 2.45) is 0 Å². The van der Waals surface area contributed by atoms with Crippen LogP contribution in [0.25, 0.3) is 22.0 Å². The van der Waals surface area contributed by atoms with Crippen molar-refractivity contribution < 1.29 is 4.74 Å². The molecule has 0 spiro atoms. The van der Waals surface area contributed by atoms with E-state index in [1.54, 1.807) is 7.11 Å². The lowest BCUT2D eigenvalue weighted by Gasteiger charge is -2.35. The van der Waals surface area contributed by atoms with Crippen molar-refractivity contribution in [3.05, 3.63) is 54.6 Å². The van der Waals surface area contributed by atoms with E-state index in [0.29, 0.717) is 6.42 Å². The number of fused-ring (bicyclic) bond motifs is 1. The van der Waals surface area contributed by atoms with Gasteiger partial charge in [-0.3, -0.25) is 4.90 Å².